The van der Waals surface area contributed by atoms with Crippen molar-refractivity contribution < 1.29 is 0 Å². The third-order valence-electron chi connectivity index (χ3n) is 7.24. The molecule has 1 aliphatic carbocycles. The van der Waals surface area contributed by atoms with Crippen molar-refractivity contribution in [1.29, 1.82) is 0 Å². The standard InChI is InChI=1S/C33H26/c1-23-13-6-9-20-29(23)33(30-21-10-7-14-24(30)2)31-22-11-8-17-27(31)28-19-12-18-26(32(28)33)25-15-4-3-5-16-25/h3-22H,1-2H3. The summed E-state index contributed by atoms with van der Waals surface area (Å²) in [4.78, 5) is 0. The van der Waals surface area contributed by atoms with Crippen LogP contribution in [0.1, 0.15) is 33.4 Å². The number of fused-ring (bicyclic) bond motifs is 3. The van der Waals surface area contributed by atoms with Crippen molar-refractivity contribution in [3.05, 3.63) is 155 Å². The van der Waals surface area contributed by atoms with E-state index < -0.39 is 0 Å². The Morgan fingerprint density at radius 1 is 0.394 bits per heavy atom. The maximum atomic E-state index is 2.34. The molecule has 0 fully saturated rings. The van der Waals surface area contributed by atoms with Crippen molar-refractivity contribution >= 4 is 0 Å². The lowest BCUT2D eigenvalue weighted by Gasteiger charge is -2.37. The molecule has 33 heavy (non-hydrogen) atoms. The first kappa shape index (κ1) is 19.8. The fourth-order valence-corrected chi connectivity index (χ4v) is 5.91. The smallest absolute Gasteiger partial charge is 0.0622 e. The van der Waals surface area contributed by atoms with Gasteiger partial charge in [-0.3, -0.25) is 0 Å². The second-order valence-electron chi connectivity index (χ2n) is 9.02. The van der Waals surface area contributed by atoms with E-state index in [-0.39, 0.29) is 5.41 Å². The van der Waals surface area contributed by atoms with Gasteiger partial charge in [-0.1, -0.05) is 121 Å². The molecular weight excluding hydrogens is 396 g/mol. The summed E-state index contributed by atoms with van der Waals surface area (Å²) in [5.41, 5.74) is 12.9. The van der Waals surface area contributed by atoms with E-state index >= 15 is 0 Å². The van der Waals surface area contributed by atoms with E-state index in [9.17, 15) is 0 Å². The van der Waals surface area contributed by atoms with E-state index in [1.54, 1.807) is 0 Å². The largest absolute Gasteiger partial charge is 0.0724 e. The average molecular weight is 423 g/mol. The molecule has 0 atom stereocenters. The Morgan fingerprint density at radius 3 is 1.52 bits per heavy atom. The lowest BCUT2D eigenvalue weighted by Crippen LogP contribution is -2.31. The van der Waals surface area contributed by atoms with Gasteiger partial charge in [-0.2, -0.15) is 0 Å². The number of hydrogen-bond acceptors (Lipinski definition) is 0. The molecule has 0 nitrogen and oxygen atoms in total. The predicted octanol–water partition coefficient (Wildman–Crippen LogP) is 8.33. The van der Waals surface area contributed by atoms with E-state index in [1.165, 1.54) is 55.6 Å². The van der Waals surface area contributed by atoms with Crippen LogP contribution in [0.5, 0.6) is 0 Å². The minimum atomic E-state index is -0.380. The van der Waals surface area contributed by atoms with E-state index in [1.807, 2.05) is 0 Å². The summed E-state index contributed by atoms with van der Waals surface area (Å²) in [5.74, 6) is 0. The summed E-state index contributed by atoms with van der Waals surface area (Å²) < 4.78 is 0. The van der Waals surface area contributed by atoms with Crippen LogP contribution in [0.4, 0.5) is 0 Å². The zero-order valence-corrected chi connectivity index (χ0v) is 19.0. The van der Waals surface area contributed by atoms with Gasteiger partial charge in [0.05, 0.1) is 5.41 Å². The van der Waals surface area contributed by atoms with Gasteiger partial charge in [0.15, 0.2) is 0 Å². The molecule has 5 aromatic carbocycles. The molecule has 0 spiro atoms. The zero-order valence-electron chi connectivity index (χ0n) is 19.0. The van der Waals surface area contributed by atoms with E-state index in [0.717, 1.165) is 0 Å². The lowest BCUT2D eigenvalue weighted by atomic mass is 9.64. The fraction of sp³-hybridized carbons (Fsp3) is 0.0909. The SMILES string of the molecule is Cc1ccccc1C1(c2ccccc2C)c2ccccc2-c2cccc(-c3ccccc3)c21. The van der Waals surface area contributed by atoms with Gasteiger partial charge in [0.25, 0.3) is 0 Å². The van der Waals surface area contributed by atoms with Crippen LogP contribution in [0.15, 0.2) is 121 Å². The summed E-state index contributed by atoms with van der Waals surface area (Å²) in [5, 5.41) is 0. The van der Waals surface area contributed by atoms with Crippen LogP contribution in [-0.2, 0) is 5.41 Å². The molecule has 1 aliphatic rings. The summed E-state index contributed by atoms with van der Waals surface area (Å²) in [7, 11) is 0. The van der Waals surface area contributed by atoms with Crippen LogP contribution in [0.3, 0.4) is 0 Å². The molecule has 0 saturated heterocycles. The molecular formula is C33H26. The second-order valence-corrected chi connectivity index (χ2v) is 9.02. The van der Waals surface area contributed by atoms with Crippen molar-refractivity contribution in [1.82, 2.24) is 0 Å². The van der Waals surface area contributed by atoms with Crippen molar-refractivity contribution in [2.45, 2.75) is 19.3 Å². The van der Waals surface area contributed by atoms with E-state index in [0.29, 0.717) is 0 Å². The van der Waals surface area contributed by atoms with Crippen LogP contribution in [0, 0.1) is 13.8 Å². The minimum Gasteiger partial charge on any atom is -0.0622 e. The van der Waals surface area contributed by atoms with Crippen molar-refractivity contribution in [3.63, 3.8) is 0 Å². The zero-order chi connectivity index (χ0) is 22.4. The molecule has 0 unspecified atom stereocenters. The van der Waals surface area contributed by atoms with Gasteiger partial charge in [-0.05, 0) is 69.5 Å². The molecule has 0 radical (unpaired) electrons. The molecule has 0 heteroatoms. The van der Waals surface area contributed by atoms with Crippen molar-refractivity contribution in [2.75, 3.05) is 0 Å². The average Bonchev–Trinajstić information content (AvgIpc) is 3.16. The first-order chi connectivity index (χ1) is 16.2. The summed E-state index contributed by atoms with van der Waals surface area (Å²) in [6.07, 6.45) is 0. The van der Waals surface area contributed by atoms with Gasteiger partial charge >= 0.3 is 0 Å². The quantitative estimate of drug-likeness (QED) is 0.269. The summed E-state index contributed by atoms with van der Waals surface area (Å²) in [6, 6.07) is 44.5. The third kappa shape index (κ3) is 2.77. The highest BCUT2D eigenvalue weighted by molar-refractivity contribution is 5.92. The molecule has 0 N–H and O–H groups in total. The summed E-state index contributed by atoms with van der Waals surface area (Å²) >= 11 is 0. The number of benzene rings is 5. The molecule has 0 aromatic heterocycles. The Hall–Kier alpha value is -3.90. The van der Waals surface area contributed by atoms with Crippen molar-refractivity contribution in [3.8, 4) is 22.3 Å². The Morgan fingerprint density at radius 2 is 0.879 bits per heavy atom. The predicted molar refractivity (Wildman–Crippen MR) is 139 cm³/mol. The molecule has 0 heterocycles. The highest BCUT2D eigenvalue weighted by Crippen LogP contribution is 2.59. The molecule has 158 valence electrons. The first-order valence-corrected chi connectivity index (χ1v) is 11.6. The maximum Gasteiger partial charge on any atom is 0.0724 e. The van der Waals surface area contributed by atoms with Crippen LogP contribution in [-0.4, -0.2) is 0 Å². The van der Waals surface area contributed by atoms with Gasteiger partial charge < -0.3 is 0 Å². The van der Waals surface area contributed by atoms with Gasteiger partial charge in [-0.15, -0.1) is 0 Å². The van der Waals surface area contributed by atoms with E-state index in [2.05, 4.69) is 135 Å². The normalized spacial score (nSPS) is 13.4. The third-order valence-corrected chi connectivity index (χ3v) is 7.24. The Balaban J connectivity index is 1.86. The van der Waals surface area contributed by atoms with Crippen LogP contribution >= 0.6 is 0 Å². The highest BCUT2D eigenvalue weighted by Gasteiger charge is 2.48. The molecule has 6 rings (SSSR count). The van der Waals surface area contributed by atoms with Crippen LogP contribution in [0.2, 0.25) is 0 Å². The highest BCUT2D eigenvalue weighted by atomic mass is 14.5. The topological polar surface area (TPSA) is 0 Å². The van der Waals surface area contributed by atoms with Gasteiger partial charge in [0.2, 0.25) is 0 Å². The van der Waals surface area contributed by atoms with Crippen molar-refractivity contribution in [2.24, 2.45) is 0 Å². The molecule has 0 saturated carbocycles. The Labute approximate surface area is 196 Å². The van der Waals surface area contributed by atoms with Gasteiger partial charge in [0, 0.05) is 0 Å². The Bertz CT molecular complexity index is 1430. The molecule has 5 aromatic rings. The number of aryl methyl sites for hydroxylation is 2. The lowest BCUT2D eigenvalue weighted by molar-refractivity contribution is 0.756. The minimum absolute atomic E-state index is 0.380. The molecule has 0 bridgehead atoms. The number of hydrogen-bond donors (Lipinski definition) is 0. The second kappa shape index (κ2) is 7.60. The van der Waals surface area contributed by atoms with Gasteiger partial charge in [0.1, 0.15) is 0 Å². The monoisotopic (exact) mass is 422 g/mol. The molecule has 0 amide bonds. The van der Waals surface area contributed by atoms with E-state index in [4.69, 9.17) is 0 Å². The van der Waals surface area contributed by atoms with Gasteiger partial charge in [-0.25, -0.2) is 0 Å². The van der Waals surface area contributed by atoms with Crippen LogP contribution < -0.4 is 0 Å². The number of rotatable bonds is 3. The first-order valence-electron chi connectivity index (χ1n) is 11.6. The summed E-state index contributed by atoms with van der Waals surface area (Å²) in [6.45, 7) is 4.50. The maximum absolute atomic E-state index is 2.34. The fourth-order valence-electron chi connectivity index (χ4n) is 5.91. The molecule has 0 aliphatic heterocycles. The van der Waals surface area contributed by atoms with Crippen LogP contribution in [0.25, 0.3) is 22.3 Å². The Kier molecular flexibility index (Phi) is 4.55.